The Kier molecular flexibility index (Phi) is 7.01. The van der Waals surface area contributed by atoms with Crippen molar-refractivity contribution in [3.8, 4) is 0 Å². The van der Waals surface area contributed by atoms with Gasteiger partial charge in [-0.2, -0.15) is 0 Å². The third-order valence-corrected chi connectivity index (χ3v) is 3.30. The molecule has 96 valence electrons. The minimum Gasteiger partial charge on any atom is -0.376 e. The average Bonchev–Trinajstić information content (AvgIpc) is 2.35. The highest BCUT2D eigenvalue weighted by atomic mass is 16.7. The molecule has 3 nitrogen and oxygen atoms in total. The van der Waals surface area contributed by atoms with Crippen LogP contribution in [0, 0.1) is 0 Å². The second kappa shape index (κ2) is 8.04. The van der Waals surface area contributed by atoms with E-state index in [1.807, 2.05) is 0 Å². The van der Waals surface area contributed by atoms with E-state index in [9.17, 15) is 0 Å². The molecule has 2 atom stereocenters. The van der Waals surface area contributed by atoms with E-state index in [-0.39, 0.29) is 6.10 Å². The normalized spacial score (nSPS) is 26.2. The summed E-state index contributed by atoms with van der Waals surface area (Å²) in [6, 6.07) is 0. The predicted octanol–water partition coefficient (Wildman–Crippen LogP) is 3.12. The van der Waals surface area contributed by atoms with Crippen LogP contribution in [0.15, 0.2) is 0 Å². The minimum atomic E-state index is 0.233. The smallest absolute Gasteiger partial charge is 0.147 e. The average molecular weight is 230 g/mol. The highest BCUT2D eigenvalue weighted by Gasteiger charge is 2.20. The first-order valence-corrected chi connectivity index (χ1v) is 6.64. The molecule has 0 radical (unpaired) electrons. The van der Waals surface area contributed by atoms with E-state index in [4.69, 9.17) is 14.2 Å². The summed E-state index contributed by atoms with van der Waals surface area (Å²) in [6.07, 6.45) is 6.45. The fourth-order valence-corrected chi connectivity index (χ4v) is 1.99. The number of rotatable bonds is 7. The molecule has 3 heteroatoms. The van der Waals surface area contributed by atoms with Crippen LogP contribution in [0.4, 0.5) is 0 Å². The lowest BCUT2D eigenvalue weighted by molar-refractivity contribution is -0.157. The van der Waals surface area contributed by atoms with Gasteiger partial charge in [0.25, 0.3) is 0 Å². The minimum absolute atomic E-state index is 0.233. The Morgan fingerprint density at radius 3 is 2.44 bits per heavy atom. The van der Waals surface area contributed by atoms with E-state index >= 15 is 0 Å². The van der Waals surface area contributed by atoms with Gasteiger partial charge in [0.15, 0.2) is 0 Å². The zero-order chi connectivity index (χ0) is 11.8. The van der Waals surface area contributed by atoms with E-state index in [1.54, 1.807) is 0 Å². The zero-order valence-electron chi connectivity index (χ0n) is 10.9. The summed E-state index contributed by atoms with van der Waals surface area (Å²) in [5, 5.41) is 0. The maximum atomic E-state index is 5.67. The van der Waals surface area contributed by atoms with Gasteiger partial charge in [0.2, 0.25) is 0 Å². The Balaban J connectivity index is 2.06. The molecular formula is C13H26O3. The van der Waals surface area contributed by atoms with E-state index in [1.165, 1.54) is 0 Å². The van der Waals surface area contributed by atoms with Crippen LogP contribution in [0.2, 0.25) is 0 Å². The molecule has 0 bridgehead atoms. The molecule has 0 saturated carbocycles. The van der Waals surface area contributed by atoms with Crippen molar-refractivity contribution in [2.45, 2.75) is 71.2 Å². The van der Waals surface area contributed by atoms with Gasteiger partial charge in [-0.3, -0.25) is 0 Å². The second-order valence-corrected chi connectivity index (χ2v) is 4.45. The third kappa shape index (κ3) is 4.81. The Hall–Kier alpha value is -0.120. The van der Waals surface area contributed by atoms with E-state index in [2.05, 4.69) is 20.8 Å². The van der Waals surface area contributed by atoms with Gasteiger partial charge in [-0.25, -0.2) is 0 Å². The molecule has 1 aliphatic heterocycles. The van der Waals surface area contributed by atoms with Crippen LogP contribution < -0.4 is 0 Å². The molecule has 1 unspecified atom stereocenters. The lowest BCUT2D eigenvalue weighted by atomic mass is 10.1. The van der Waals surface area contributed by atoms with Crippen molar-refractivity contribution < 1.29 is 14.2 Å². The van der Waals surface area contributed by atoms with Crippen molar-refractivity contribution in [2.24, 2.45) is 0 Å². The van der Waals surface area contributed by atoms with Crippen molar-refractivity contribution in [1.29, 1.82) is 0 Å². The Morgan fingerprint density at radius 1 is 1.19 bits per heavy atom. The van der Waals surface area contributed by atoms with E-state index < -0.39 is 0 Å². The molecule has 1 fully saturated rings. The fraction of sp³-hybridized carbons (Fsp3) is 1.00. The zero-order valence-corrected chi connectivity index (χ0v) is 10.9. The number of ether oxygens (including phenoxy) is 3. The predicted molar refractivity (Wildman–Crippen MR) is 64.5 cm³/mol. The van der Waals surface area contributed by atoms with Gasteiger partial charge in [0, 0.05) is 0 Å². The van der Waals surface area contributed by atoms with E-state index in [0.29, 0.717) is 19.0 Å². The van der Waals surface area contributed by atoms with Crippen LogP contribution in [0.1, 0.15) is 52.9 Å². The van der Waals surface area contributed by atoms with Crippen molar-refractivity contribution >= 4 is 0 Å². The first-order valence-electron chi connectivity index (χ1n) is 6.64. The Labute approximate surface area is 99.5 Å². The number of hydrogen-bond acceptors (Lipinski definition) is 3. The summed E-state index contributed by atoms with van der Waals surface area (Å²) in [7, 11) is 0. The monoisotopic (exact) mass is 230 g/mol. The topological polar surface area (TPSA) is 27.7 Å². The molecule has 0 N–H and O–H groups in total. The van der Waals surface area contributed by atoms with Gasteiger partial charge in [0.05, 0.1) is 24.9 Å². The molecular weight excluding hydrogens is 204 g/mol. The van der Waals surface area contributed by atoms with Crippen LogP contribution in [-0.2, 0) is 14.2 Å². The molecule has 0 aromatic carbocycles. The van der Waals surface area contributed by atoms with Crippen LogP contribution >= 0.6 is 0 Å². The van der Waals surface area contributed by atoms with Crippen LogP contribution in [0.3, 0.4) is 0 Å². The summed E-state index contributed by atoms with van der Waals surface area (Å²) in [4.78, 5) is 0. The second-order valence-electron chi connectivity index (χ2n) is 4.45. The molecule has 16 heavy (non-hydrogen) atoms. The van der Waals surface area contributed by atoms with Gasteiger partial charge in [-0.05, 0) is 32.1 Å². The lowest BCUT2D eigenvalue weighted by Gasteiger charge is -2.28. The highest BCUT2D eigenvalue weighted by molar-refractivity contribution is 4.69. The van der Waals surface area contributed by atoms with Crippen molar-refractivity contribution in [2.75, 3.05) is 13.4 Å². The molecule has 1 rings (SSSR count). The Bertz CT molecular complexity index is 161. The van der Waals surface area contributed by atoms with Crippen molar-refractivity contribution in [3.05, 3.63) is 0 Å². The van der Waals surface area contributed by atoms with Gasteiger partial charge < -0.3 is 14.2 Å². The van der Waals surface area contributed by atoms with Crippen LogP contribution in [-0.4, -0.2) is 31.7 Å². The van der Waals surface area contributed by atoms with E-state index in [0.717, 1.165) is 38.7 Å². The molecule has 1 heterocycles. The lowest BCUT2D eigenvalue weighted by Crippen LogP contribution is -2.32. The van der Waals surface area contributed by atoms with Gasteiger partial charge in [-0.15, -0.1) is 0 Å². The van der Waals surface area contributed by atoms with Gasteiger partial charge >= 0.3 is 0 Å². The molecule has 0 aliphatic carbocycles. The fourth-order valence-electron chi connectivity index (χ4n) is 1.99. The summed E-state index contributed by atoms with van der Waals surface area (Å²) in [6.45, 7) is 7.59. The first-order chi connectivity index (χ1) is 7.80. The molecule has 0 amide bonds. The standard InChI is InChI=1S/C13H26O3/c1-4-11(5-2)15-10-16-13-8-7-12(6-3)14-9-13/h11-13H,4-10H2,1-3H3/t12?,13-/m0/s1. The summed E-state index contributed by atoms with van der Waals surface area (Å²) >= 11 is 0. The van der Waals surface area contributed by atoms with Crippen molar-refractivity contribution in [1.82, 2.24) is 0 Å². The third-order valence-electron chi connectivity index (χ3n) is 3.30. The first kappa shape index (κ1) is 13.9. The quantitative estimate of drug-likeness (QED) is 0.629. The van der Waals surface area contributed by atoms with Gasteiger partial charge in [-0.1, -0.05) is 20.8 Å². The maximum Gasteiger partial charge on any atom is 0.147 e. The summed E-state index contributed by atoms with van der Waals surface area (Å²) in [5.41, 5.74) is 0. The summed E-state index contributed by atoms with van der Waals surface area (Å²) in [5.74, 6) is 0. The molecule has 0 spiro atoms. The molecule has 1 saturated heterocycles. The van der Waals surface area contributed by atoms with Crippen LogP contribution in [0.25, 0.3) is 0 Å². The largest absolute Gasteiger partial charge is 0.376 e. The summed E-state index contributed by atoms with van der Waals surface area (Å²) < 4.78 is 17.0. The molecule has 0 aromatic heterocycles. The van der Waals surface area contributed by atoms with Crippen LogP contribution in [0.5, 0.6) is 0 Å². The highest BCUT2D eigenvalue weighted by Crippen LogP contribution is 2.18. The van der Waals surface area contributed by atoms with Crippen molar-refractivity contribution in [3.63, 3.8) is 0 Å². The SMILES string of the molecule is CCC(CC)OCO[C@H]1CCC(CC)OC1. The molecule has 1 aliphatic rings. The molecule has 0 aromatic rings. The maximum absolute atomic E-state index is 5.67. The van der Waals surface area contributed by atoms with Gasteiger partial charge in [0.1, 0.15) is 6.79 Å². The Morgan fingerprint density at radius 2 is 1.94 bits per heavy atom. The number of hydrogen-bond donors (Lipinski definition) is 0.